The number of carboxylic acids is 1. The number of amides is 1. The third kappa shape index (κ3) is 2.42. The maximum atomic E-state index is 13.5. The molecule has 2 aliphatic rings. The molecule has 110 valence electrons. The van der Waals surface area contributed by atoms with Gasteiger partial charge in [-0.3, -0.25) is 9.59 Å². The van der Waals surface area contributed by atoms with Crippen molar-refractivity contribution >= 4 is 11.9 Å². The van der Waals surface area contributed by atoms with Gasteiger partial charge in [0.15, 0.2) is 0 Å². The first-order chi connectivity index (χ1) is 10.1. The van der Waals surface area contributed by atoms with Crippen LogP contribution in [-0.2, 0) is 20.9 Å². The molecule has 4 atom stereocenters. The largest absolute Gasteiger partial charge is 0.481 e. The van der Waals surface area contributed by atoms with Gasteiger partial charge in [-0.15, -0.1) is 0 Å². The van der Waals surface area contributed by atoms with Gasteiger partial charge >= 0.3 is 5.97 Å². The Morgan fingerprint density at radius 1 is 1.19 bits per heavy atom. The number of carbonyl (C=O) groups excluding carboxylic acids is 1. The first-order valence-corrected chi connectivity index (χ1v) is 6.65. The van der Waals surface area contributed by atoms with Crippen molar-refractivity contribution in [3.05, 3.63) is 47.8 Å². The van der Waals surface area contributed by atoms with E-state index in [2.05, 4.69) is 5.32 Å². The summed E-state index contributed by atoms with van der Waals surface area (Å²) < 4.78 is 18.9. The molecule has 3 rings (SSSR count). The van der Waals surface area contributed by atoms with E-state index in [9.17, 15) is 19.1 Å². The van der Waals surface area contributed by atoms with Crippen LogP contribution in [0.4, 0.5) is 4.39 Å². The van der Waals surface area contributed by atoms with E-state index in [1.807, 2.05) is 0 Å². The lowest BCUT2D eigenvalue weighted by molar-refractivity contribution is -0.146. The minimum atomic E-state index is -1.06. The normalized spacial score (nSPS) is 29.6. The second-order valence-electron chi connectivity index (χ2n) is 5.15. The van der Waals surface area contributed by atoms with Crippen molar-refractivity contribution in [1.82, 2.24) is 5.32 Å². The Morgan fingerprint density at radius 3 is 2.52 bits per heavy atom. The number of nitrogens with one attached hydrogen (secondary N) is 1. The van der Waals surface area contributed by atoms with E-state index in [-0.39, 0.29) is 6.54 Å². The lowest BCUT2D eigenvalue weighted by Crippen LogP contribution is -2.42. The smallest absolute Gasteiger partial charge is 0.310 e. The van der Waals surface area contributed by atoms with Crippen LogP contribution < -0.4 is 5.32 Å². The third-order valence-corrected chi connectivity index (χ3v) is 3.90. The Kier molecular flexibility index (Phi) is 3.47. The zero-order valence-electron chi connectivity index (χ0n) is 11.0. The van der Waals surface area contributed by atoms with Crippen LogP contribution in [0.3, 0.4) is 0 Å². The predicted molar refractivity (Wildman–Crippen MR) is 70.7 cm³/mol. The van der Waals surface area contributed by atoms with Crippen molar-refractivity contribution in [2.75, 3.05) is 0 Å². The molecule has 0 aromatic heterocycles. The van der Waals surface area contributed by atoms with Gasteiger partial charge in [0.05, 0.1) is 18.1 Å². The Bertz CT molecular complexity index is 615. The third-order valence-electron chi connectivity index (χ3n) is 3.90. The molecule has 1 aromatic rings. The zero-order chi connectivity index (χ0) is 15.0. The highest BCUT2D eigenvalue weighted by atomic mass is 19.1. The van der Waals surface area contributed by atoms with Crippen LogP contribution in [0.2, 0.25) is 0 Å². The molecule has 1 saturated heterocycles. The summed E-state index contributed by atoms with van der Waals surface area (Å²) in [5, 5.41) is 11.8. The standard InChI is InChI=1S/C15H14FNO4/c16-9-4-2-1-3-8(9)7-17-14(18)12-10-5-6-11(21-10)13(12)15(19)20/h1-6,10-13H,7H2,(H,17,18)(H,19,20)/t10-,11-,12+,13-/m1/s1. The van der Waals surface area contributed by atoms with Crippen LogP contribution in [0.15, 0.2) is 36.4 Å². The summed E-state index contributed by atoms with van der Waals surface area (Å²) >= 11 is 0. The number of hydrogen-bond donors (Lipinski definition) is 2. The lowest BCUT2D eigenvalue weighted by Gasteiger charge is -2.21. The van der Waals surface area contributed by atoms with Crippen molar-refractivity contribution in [2.45, 2.75) is 18.8 Å². The van der Waals surface area contributed by atoms with Crippen LogP contribution in [0, 0.1) is 17.7 Å². The molecule has 0 spiro atoms. The molecule has 5 nitrogen and oxygen atoms in total. The molecule has 2 bridgehead atoms. The minimum absolute atomic E-state index is 0.0233. The van der Waals surface area contributed by atoms with Gasteiger partial charge in [0, 0.05) is 12.1 Å². The molecule has 0 saturated carbocycles. The fraction of sp³-hybridized carbons (Fsp3) is 0.333. The quantitative estimate of drug-likeness (QED) is 0.814. The molecule has 2 heterocycles. The second kappa shape index (κ2) is 5.29. The maximum absolute atomic E-state index is 13.5. The van der Waals surface area contributed by atoms with Crippen molar-refractivity contribution < 1.29 is 23.8 Å². The second-order valence-corrected chi connectivity index (χ2v) is 5.15. The number of hydrogen-bond acceptors (Lipinski definition) is 3. The average Bonchev–Trinajstić information content (AvgIpc) is 3.06. The monoisotopic (exact) mass is 291 g/mol. The topological polar surface area (TPSA) is 75.6 Å². The van der Waals surface area contributed by atoms with Crippen molar-refractivity contribution in [3.63, 3.8) is 0 Å². The van der Waals surface area contributed by atoms with E-state index in [1.165, 1.54) is 6.07 Å². The first-order valence-electron chi connectivity index (χ1n) is 6.65. The van der Waals surface area contributed by atoms with E-state index in [1.54, 1.807) is 30.4 Å². The summed E-state index contributed by atoms with van der Waals surface area (Å²) in [6, 6.07) is 6.12. The van der Waals surface area contributed by atoms with Gasteiger partial charge in [0.25, 0.3) is 0 Å². The molecule has 0 radical (unpaired) electrons. The molecule has 0 aliphatic carbocycles. The summed E-state index contributed by atoms with van der Waals surface area (Å²) in [4.78, 5) is 23.5. The van der Waals surface area contributed by atoms with E-state index < -0.39 is 41.7 Å². The summed E-state index contributed by atoms with van der Waals surface area (Å²) in [5.41, 5.74) is 0.359. The van der Waals surface area contributed by atoms with Gasteiger partial charge in [0.1, 0.15) is 11.7 Å². The zero-order valence-corrected chi connectivity index (χ0v) is 11.0. The van der Waals surface area contributed by atoms with Crippen LogP contribution in [-0.4, -0.2) is 29.2 Å². The highest BCUT2D eigenvalue weighted by Gasteiger charge is 2.53. The van der Waals surface area contributed by atoms with E-state index in [0.717, 1.165) is 0 Å². The van der Waals surface area contributed by atoms with Crippen LogP contribution >= 0.6 is 0 Å². The number of aliphatic carboxylic acids is 1. The summed E-state index contributed by atoms with van der Waals surface area (Å²) in [6.07, 6.45) is 2.30. The maximum Gasteiger partial charge on any atom is 0.310 e. The van der Waals surface area contributed by atoms with E-state index >= 15 is 0 Å². The minimum Gasteiger partial charge on any atom is -0.481 e. The van der Waals surface area contributed by atoms with Gasteiger partial charge in [-0.1, -0.05) is 30.4 Å². The number of fused-ring (bicyclic) bond motifs is 2. The average molecular weight is 291 g/mol. The fourth-order valence-electron chi connectivity index (χ4n) is 2.86. The van der Waals surface area contributed by atoms with E-state index in [4.69, 9.17) is 4.74 Å². The Morgan fingerprint density at radius 2 is 1.86 bits per heavy atom. The molecular weight excluding hydrogens is 277 g/mol. The van der Waals surface area contributed by atoms with Crippen LogP contribution in [0.5, 0.6) is 0 Å². The highest BCUT2D eigenvalue weighted by Crippen LogP contribution is 2.39. The van der Waals surface area contributed by atoms with Gasteiger partial charge in [-0.25, -0.2) is 4.39 Å². The first kappa shape index (κ1) is 13.8. The summed E-state index contributed by atoms with van der Waals surface area (Å²) in [7, 11) is 0. The Labute approximate surface area is 120 Å². The fourth-order valence-corrected chi connectivity index (χ4v) is 2.86. The van der Waals surface area contributed by atoms with Crippen molar-refractivity contribution in [2.24, 2.45) is 11.8 Å². The van der Waals surface area contributed by atoms with Gasteiger partial charge in [-0.2, -0.15) is 0 Å². The predicted octanol–water partition coefficient (Wildman–Crippen LogP) is 1.10. The van der Waals surface area contributed by atoms with E-state index in [0.29, 0.717) is 5.56 Å². The molecule has 2 N–H and O–H groups in total. The number of benzene rings is 1. The molecule has 1 fully saturated rings. The Balaban J connectivity index is 1.69. The number of carbonyl (C=O) groups is 2. The SMILES string of the molecule is O=C(NCc1ccccc1F)[C@@H]1[C@H](C(=O)O)[C@H]2C=C[C@H]1O2. The van der Waals surface area contributed by atoms with Crippen molar-refractivity contribution in [3.8, 4) is 0 Å². The number of ether oxygens (including phenoxy) is 1. The van der Waals surface area contributed by atoms with Gasteiger partial charge < -0.3 is 15.2 Å². The molecule has 2 aliphatic heterocycles. The molecule has 21 heavy (non-hydrogen) atoms. The van der Waals surface area contributed by atoms with Gasteiger partial charge in [0.2, 0.25) is 5.91 Å². The Hall–Kier alpha value is -2.21. The lowest BCUT2D eigenvalue weighted by atomic mass is 9.82. The van der Waals surface area contributed by atoms with Crippen LogP contribution in [0.25, 0.3) is 0 Å². The summed E-state index contributed by atoms with van der Waals surface area (Å²) in [6.45, 7) is 0.0233. The highest BCUT2D eigenvalue weighted by molar-refractivity contribution is 5.87. The van der Waals surface area contributed by atoms with Crippen LogP contribution in [0.1, 0.15) is 5.56 Å². The summed E-state index contributed by atoms with van der Waals surface area (Å²) in [5.74, 6) is -3.55. The number of carboxylic acid groups (broad SMARTS) is 1. The molecule has 1 aromatic carbocycles. The molecule has 1 amide bonds. The molecule has 6 heteroatoms. The number of halogens is 1. The molecule has 0 unspecified atom stereocenters. The van der Waals surface area contributed by atoms with Crippen molar-refractivity contribution in [1.29, 1.82) is 0 Å². The molecular formula is C15H14FNO4. The van der Waals surface area contributed by atoms with Gasteiger partial charge in [-0.05, 0) is 6.07 Å². The number of rotatable bonds is 4.